The van der Waals surface area contributed by atoms with E-state index in [9.17, 15) is 4.79 Å². The van der Waals surface area contributed by atoms with Crippen molar-refractivity contribution in [1.29, 1.82) is 0 Å². The average molecular weight is 343 g/mol. The Bertz CT molecular complexity index is 480. The Labute approximate surface area is 114 Å². The van der Waals surface area contributed by atoms with E-state index in [1.807, 2.05) is 12.1 Å². The van der Waals surface area contributed by atoms with E-state index < -0.39 is 5.54 Å². The van der Waals surface area contributed by atoms with E-state index in [0.29, 0.717) is 0 Å². The largest absolute Gasteiger partial charge is 0.343 e. The van der Waals surface area contributed by atoms with Crippen LogP contribution in [-0.2, 0) is 10.3 Å². The SMILES string of the molecule is NC1(C(=O)NC2(c3cc(I)ccn3)CC2)CC1. The number of nitrogens with two attached hydrogens (primary N) is 1. The molecule has 4 nitrogen and oxygen atoms in total. The zero-order valence-corrected chi connectivity index (χ0v) is 11.5. The fourth-order valence-electron chi connectivity index (χ4n) is 1.94. The summed E-state index contributed by atoms with van der Waals surface area (Å²) in [6, 6.07) is 3.98. The van der Waals surface area contributed by atoms with E-state index in [4.69, 9.17) is 5.73 Å². The van der Waals surface area contributed by atoms with Crippen molar-refractivity contribution in [3.05, 3.63) is 27.6 Å². The second-order valence-electron chi connectivity index (χ2n) is 5.05. The molecule has 0 spiro atoms. The zero-order chi connectivity index (χ0) is 12.1. The maximum Gasteiger partial charge on any atom is 0.240 e. The Morgan fingerprint density at radius 1 is 1.41 bits per heavy atom. The maximum atomic E-state index is 12.0. The highest BCUT2D eigenvalue weighted by Gasteiger charge is 2.53. The molecule has 0 unspecified atom stereocenters. The highest BCUT2D eigenvalue weighted by atomic mass is 127. The third-order valence-electron chi connectivity index (χ3n) is 3.56. The topological polar surface area (TPSA) is 68.0 Å². The minimum Gasteiger partial charge on any atom is -0.343 e. The lowest BCUT2D eigenvalue weighted by molar-refractivity contribution is -0.124. The van der Waals surface area contributed by atoms with Gasteiger partial charge in [-0.15, -0.1) is 0 Å². The van der Waals surface area contributed by atoms with Gasteiger partial charge in [0.05, 0.1) is 16.8 Å². The molecule has 3 rings (SSSR count). The average Bonchev–Trinajstić information content (AvgIpc) is 3.17. The van der Waals surface area contributed by atoms with Crippen LogP contribution < -0.4 is 11.1 Å². The molecule has 1 heterocycles. The van der Waals surface area contributed by atoms with Crippen molar-refractivity contribution in [3.63, 3.8) is 0 Å². The van der Waals surface area contributed by atoms with Crippen molar-refractivity contribution >= 4 is 28.5 Å². The summed E-state index contributed by atoms with van der Waals surface area (Å²) in [5.74, 6) is -0.0179. The van der Waals surface area contributed by atoms with Crippen LogP contribution in [0.1, 0.15) is 31.4 Å². The van der Waals surface area contributed by atoms with Crippen LogP contribution in [0.25, 0.3) is 0 Å². The molecule has 2 fully saturated rings. The van der Waals surface area contributed by atoms with Crippen LogP contribution in [0.15, 0.2) is 18.3 Å². The van der Waals surface area contributed by atoms with Crippen LogP contribution >= 0.6 is 22.6 Å². The summed E-state index contributed by atoms with van der Waals surface area (Å²) in [7, 11) is 0. The number of halogens is 1. The highest BCUT2D eigenvalue weighted by molar-refractivity contribution is 14.1. The predicted octanol–water partition coefficient (Wildman–Crippen LogP) is 1.28. The molecule has 1 aromatic heterocycles. The number of hydrogen-bond donors (Lipinski definition) is 2. The van der Waals surface area contributed by atoms with Crippen LogP contribution in [0.2, 0.25) is 0 Å². The van der Waals surface area contributed by atoms with Crippen molar-refractivity contribution in [2.24, 2.45) is 5.73 Å². The predicted molar refractivity (Wildman–Crippen MR) is 72.2 cm³/mol. The molecular formula is C12H14IN3O. The van der Waals surface area contributed by atoms with Crippen LogP contribution in [-0.4, -0.2) is 16.4 Å². The molecule has 2 saturated carbocycles. The summed E-state index contributed by atoms with van der Waals surface area (Å²) in [5.41, 5.74) is 6.02. The molecule has 0 saturated heterocycles. The fourth-order valence-corrected chi connectivity index (χ4v) is 2.40. The molecule has 17 heavy (non-hydrogen) atoms. The van der Waals surface area contributed by atoms with Gasteiger partial charge < -0.3 is 11.1 Å². The lowest BCUT2D eigenvalue weighted by Gasteiger charge is -2.19. The molecule has 0 atom stereocenters. The molecule has 1 amide bonds. The number of rotatable bonds is 3. The number of nitrogens with one attached hydrogen (secondary N) is 1. The summed E-state index contributed by atoms with van der Waals surface area (Å²) in [6.45, 7) is 0. The third kappa shape index (κ3) is 2.06. The summed E-state index contributed by atoms with van der Waals surface area (Å²) in [4.78, 5) is 16.3. The van der Waals surface area contributed by atoms with Gasteiger partial charge in [0.15, 0.2) is 0 Å². The van der Waals surface area contributed by atoms with Crippen molar-refractivity contribution in [2.75, 3.05) is 0 Å². The van der Waals surface area contributed by atoms with Crippen molar-refractivity contribution < 1.29 is 4.79 Å². The normalized spacial score (nSPS) is 22.9. The minimum absolute atomic E-state index is 0.0179. The lowest BCUT2D eigenvalue weighted by atomic mass is 10.1. The Morgan fingerprint density at radius 3 is 2.65 bits per heavy atom. The standard InChI is InChI=1S/C12H14IN3O/c13-8-1-6-15-9(7-8)12(4-5-12)16-10(17)11(14)2-3-11/h1,6-7H,2-5,14H2,(H,16,17). The summed E-state index contributed by atoms with van der Waals surface area (Å²) < 4.78 is 1.14. The van der Waals surface area contributed by atoms with Gasteiger partial charge in [0.25, 0.3) is 0 Å². The first-order valence-corrected chi connectivity index (χ1v) is 6.86. The molecular weight excluding hydrogens is 329 g/mol. The minimum atomic E-state index is -0.600. The van der Waals surface area contributed by atoms with Crippen LogP contribution in [0.5, 0.6) is 0 Å². The molecule has 5 heteroatoms. The quantitative estimate of drug-likeness (QED) is 0.813. The van der Waals surface area contributed by atoms with Gasteiger partial charge in [0.2, 0.25) is 5.91 Å². The second kappa shape index (κ2) is 3.65. The second-order valence-corrected chi connectivity index (χ2v) is 6.30. The van der Waals surface area contributed by atoms with Gasteiger partial charge >= 0.3 is 0 Å². The Hall–Kier alpha value is -0.690. The first-order valence-electron chi connectivity index (χ1n) is 5.78. The van der Waals surface area contributed by atoms with Gasteiger partial charge in [-0.1, -0.05) is 0 Å². The monoisotopic (exact) mass is 343 g/mol. The molecule has 0 aromatic carbocycles. The summed E-state index contributed by atoms with van der Waals surface area (Å²) >= 11 is 2.26. The summed E-state index contributed by atoms with van der Waals surface area (Å²) in [6.07, 6.45) is 5.31. The van der Waals surface area contributed by atoms with Gasteiger partial charge in [-0.2, -0.15) is 0 Å². The highest BCUT2D eigenvalue weighted by Crippen LogP contribution is 2.46. The maximum absolute atomic E-state index is 12.0. The van der Waals surface area contributed by atoms with Gasteiger partial charge in [0, 0.05) is 9.77 Å². The van der Waals surface area contributed by atoms with Crippen LogP contribution in [0.3, 0.4) is 0 Å². The number of amides is 1. The van der Waals surface area contributed by atoms with Gasteiger partial charge in [-0.05, 0) is 60.4 Å². The third-order valence-corrected chi connectivity index (χ3v) is 4.23. The summed E-state index contributed by atoms with van der Waals surface area (Å²) in [5, 5.41) is 3.08. The van der Waals surface area contributed by atoms with Crippen molar-refractivity contribution in [2.45, 2.75) is 36.8 Å². The first-order chi connectivity index (χ1) is 8.04. The Kier molecular flexibility index (Phi) is 2.45. The molecule has 1 aromatic rings. The van der Waals surface area contributed by atoms with Gasteiger partial charge in [-0.25, -0.2) is 0 Å². The lowest BCUT2D eigenvalue weighted by Crippen LogP contribution is -2.47. The molecule has 0 radical (unpaired) electrons. The van der Waals surface area contributed by atoms with Crippen LogP contribution in [0.4, 0.5) is 0 Å². The Morgan fingerprint density at radius 2 is 2.12 bits per heavy atom. The number of hydrogen-bond acceptors (Lipinski definition) is 3. The van der Waals surface area contributed by atoms with E-state index >= 15 is 0 Å². The Balaban J connectivity index is 1.80. The number of carbonyl (C=O) groups excluding carboxylic acids is 1. The molecule has 90 valence electrons. The zero-order valence-electron chi connectivity index (χ0n) is 9.37. The molecule has 2 aliphatic carbocycles. The van der Waals surface area contributed by atoms with Gasteiger partial charge in [0.1, 0.15) is 0 Å². The van der Waals surface area contributed by atoms with E-state index in [1.54, 1.807) is 6.20 Å². The molecule has 3 N–H and O–H groups in total. The number of carbonyl (C=O) groups is 1. The van der Waals surface area contributed by atoms with E-state index in [2.05, 4.69) is 32.9 Å². The molecule has 0 bridgehead atoms. The first kappa shape index (κ1) is 11.4. The van der Waals surface area contributed by atoms with Crippen molar-refractivity contribution in [3.8, 4) is 0 Å². The smallest absolute Gasteiger partial charge is 0.240 e. The van der Waals surface area contributed by atoms with Crippen molar-refractivity contribution in [1.82, 2.24) is 10.3 Å². The van der Waals surface area contributed by atoms with E-state index in [1.165, 1.54) is 0 Å². The van der Waals surface area contributed by atoms with E-state index in [-0.39, 0.29) is 11.4 Å². The number of aromatic nitrogens is 1. The number of pyridine rings is 1. The molecule has 0 aliphatic heterocycles. The number of nitrogens with zero attached hydrogens (tertiary/aromatic N) is 1. The van der Waals surface area contributed by atoms with Crippen LogP contribution in [0, 0.1) is 3.57 Å². The fraction of sp³-hybridized carbons (Fsp3) is 0.500. The van der Waals surface area contributed by atoms with Gasteiger partial charge in [-0.3, -0.25) is 9.78 Å². The molecule has 2 aliphatic rings. The van der Waals surface area contributed by atoms with E-state index in [0.717, 1.165) is 34.9 Å².